The molecule has 1 aromatic rings. The number of hydrogen-bond acceptors (Lipinski definition) is 7. The number of likely N-dealkylation sites (N-methyl/N-ethyl adjacent to an activating group) is 1. The number of carbonyl (C=O) groups is 2. The lowest BCUT2D eigenvalue weighted by atomic mass is 9.75. The number of aromatic hydroxyl groups is 1. The zero-order valence-electron chi connectivity index (χ0n) is 18.7. The molecule has 1 atom stereocenters. The van der Waals surface area contributed by atoms with Gasteiger partial charge in [-0.25, -0.2) is 4.79 Å². The Morgan fingerprint density at radius 3 is 2.29 bits per heavy atom. The van der Waals surface area contributed by atoms with Crippen molar-refractivity contribution in [2.45, 2.75) is 26.2 Å². The Labute approximate surface area is 182 Å². The number of allylic oxidation sites excluding steroid dienone is 1. The van der Waals surface area contributed by atoms with Gasteiger partial charge < -0.3 is 24.2 Å². The van der Waals surface area contributed by atoms with E-state index < -0.39 is 11.9 Å². The summed E-state index contributed by atoms with van der Waals surface area (Å²) < 4.78 is 16.0. The molecule has 31 heavy (non-hydrogen) atoms. The summed E-state index contributed by atoms with van der Waals surface area (Å²) in [6, 6.07) is 3.23. The van der Waals surface area contributed by atoms with E-state index >= 15 is 0 Å². The van der Waals surface area contributed by atoms with Crippen molar-refractivity contribution >= 4 is 11.9 Å². The quantitative estimate of drug-likeness (QED) is 0.722. The van der Waals surface area contributed by atoms with Gasteiger partial charge in [0.05, 0.1) is 20.8 Å². The molecule has 0 aromatic heterocycles. The summed E-state index contributed by atoms with van der Waals surface area (Å²) in [6.07, 6.45) is 0.418. The topological polar surface area (TPSA) is 88.5 Å². The number of ether oxygens (including phenoxy) is 3. The zero-order valence-corrected chi connectivity index (χ0v) is 18.7. The number of phenols is 1. The standard InChI is InChI=1S/C23H28N2O6/c1-8-31-23(28)18-12(2)9-15-20(22(27)25(5)13(3)24(15)4)19(18)14-10-16(29-6)21(26)17(11-14)30-7/h10-11,19,26H,3,8-9H2,1-2,4-7H3. The second kappa shape index (κ2) is 8.37. The molecule has 1 N–H and O–H groups in total. The van der Waals surface area contributed by atoms with Crippen molar-refractivity contribution < 1.29 is 28.9 Å². The Kier molecular flexibility index (Phi) is 6.01. The summed E-state index contributed by atoms with van der Waals surface area (Å²) in [6.45, 7) is 7.81. The van der Waals surface area contributed by atoms with Gasteiger partial charge in [-0.2, -0.15) is 0 Å². The third kappa shape index (κ3) is 3.52. The monoisotopic (exact) mass is 428 g/mol. The molecule has 1 amide bonds. The lowest BCUT2D eigenvalue weighted by Gasteiger charge is -2.42. The molecule has 166 valence electrons. The van der Waals surface area contributed by atoms with Gasteiger partial charge in [0.15, 0.2) is 11.5 Å². The van der Waals surface area contributed by atoms with E-state index in [1.807, 2.05) is 18.9 Å². The highest BCUT2D eigenvalue weighted by Crippen LogP contribution is 2.49. The fourth-order valence-electron chi connectivity index (χ4n) is 4.14. The Morgan fingerprint density at radius 1 is 1.19 bits per heavy atom. The second-order valence-corrected chi connectivity index (χ2v) is 7.50. The van der Waals surface area contributed by atoms with Gasteiger partial charge in [-0.15, -0.1) is 0 Å². The largest absolute Gasteiger partial charge is 0.502 e. The third-order valence-corrected chi connectivity index (χ3v) is 5.83. The molecule has 1 aliphatic heterocycles. The van der Waals surface area contributed by atoms with Gasteiger partial charge in [-0.05, 0) is 31.5 Å². The number of phenolic OH excluding ortho intramolecular Hbond substituents is 1. The molecule has 0 saturated carbocycles. The highest BCUT2D eigenvalue weighted by Gasteiger charge is 2.43. The molecular weight excluding hydrogens is 400 g/mol. The number of hydrogen-bond donors (Lipinski definition) is 1. The van der Waals surface area contributed by atoms with E-state index in [2.05, 4.69) is 6.58 Å². The Morgan fingerprint density at radius 2 is 1.77 bits per heavy atom. The fourth-order valence-corrected chi connectivity index (χ4v) is 4.14. The maximum absolute atomic E-state index is 13.4. The normalized spacial score (nSPS) is 19.0. The van der Waals surface area contributed by atoms with E-state index in [-0.39, 0.29) is 29.8 Å². The first kappa shape index (κ1) is 22.3. The minimum atomic E-state index is -0.725. The lowest BCUT2D eigenvalue weighted by Crippen LogP contribution is -2.44. The molecule has 1 heterocycles. The average Bonchev–Trinajstić information content (AvgIpc) is 2.75. The van der Waals surface area contributed by atoms with Crippen LogP contribution in [0.25, 0.3) is 0 Å². The van der Waals surface area contributed by atoms with Gasteiger partial charge in [-0.3, -0.25) is 9.69 Å². The molecular formula is C23H28N2O6. The first-order valence-electron chi connectivity index (χ1n) is 9.93. The number of nitrogens with zero attached hydrogens (tertiary/aromatic N) is 2. The molecule has 0 radical (unpaired) electrons. The molecule has 0 fully saturated rings. The van der Waals surface area contributed by atoms with E-state index in [0.717, 1.165) is 11.3 Å². The second-order valence-electron chi connectivity index (χ2n) is 7.50. The van der Waals surface area contributed by atoms with Crippen LogP contribution < -0.4 is 9.47 Å². The maximum Gasteiger partial charge on any atom is 0.334 e. The van der Waals surface area contributed by atoms with Gasteiger partial charge in [-0.1, -0.05) is 12.2 Å². The van der Waals surface area contributed by atoms with E-state index in [1.54, 1.807) is 26.1 Å². The summed E-state index contributed by atoms with van der Waals surface area (Å²) in [5.41, 5.74) is 3.00. The number of amides is 1. The van der Waals surface area contributed by atoms with Crippen LogP contribution in [0.3, 0.4) is 0 Å². The molecule has 1 unspecified atom stereocenters. The molecule has 8 heteroatoms. The predicted octanol–water partition coefficient (Wildman–Crippen LogP) is 2.91. The average molecular weight is 428 g/mol. The highest BCUT2D eigenvalue weighted by molar-refractivity contribution is 6.03. The van der Waals surface area contributed by atoms with Gasteiger partial charge >= 0.3 is 5.97 Å². The van der Waals surface area contributed by atoms with Crippen LogP contribution >= 0.6 is 0 Å². The maximum atomic E-state index is 13.4. The number of rotatable bonds is 5. The van der Waals surface area contributed by atoms with Crippen LogP contribution in [0.15, 0.2) is 46.9 Å². The first-order chi connectivity index (χ1) is 14.7. The van der Waals surface area contributed by atoms with Crippen molar-refractivity contribution in [3.8, 4) is 17.2 Å². The van der Waals surface area contributed by atoms with Gasteiger partial charge in [0, 0.05) is 43.3 Å². The van der Waals surface area contributed by atoms with E-state index in [4.69, 9.17) is 14.2 Å². The Balaban J connectivity index is 2.33. The van der Waals surface area contributed by atoms with Gasteiger partial charge in [0.25, 0.3) is 5.91 Å². The van der Waals surface area contributed by atoms with E-state index in [0.29, 0.717) is 29.0 Å². The molecule has 0 spiro atoms. The number of methoxy groups -OCH3 is 2. The van der Waals surface area contributed by atoms with Crippen molar-refractivity contribution in [1.82, 2.24) is 9.80 Å². The van der Waals surface area contributed by atoms with Crippen LogP contribution in [0.4, 0.5) is 0 Å². The first-order valence-corrected chi connectivity index (χ1v) is 9.93. The smallest absolute Gasteiger partial charge is 0.334 e. The Bertz CT molecular complexity index is 998. The van der Waals surface area contributed by atoms with Crippen LogP contribution in [0.5, 0.6) is 17.2 Å². The summed E-state index contributed by atoms with van der Waals surface area (Å²) in [4.78, 5) is 29.7. The van der Waals surface area contributed by atoms with Crippen LogP contribution in [0, 0.1) is 0 Å². The minimum Gasteiger partial charge on any atom is -0.502 e. The summed E-state index contributed by atoms with van der Waals surface area (Å²) >= 11 is 0. The SMILES string of the molecule is C=C1N(C)C(=O)C2=C(CC(C)=C(C(=O)OCC)C2c2cc(OC)c(O)c(OC)c2)N1C. The predicted molar refractivity (Wildman–Crippen MR) is 115 cm³/mol. The molecule has 1 aliphatic carbocycles. The number of carbonyl (C=O) groups excluding carboxylic acids is 2. The van der Waals surface area contributed by atoms with Crippen LogP contribution in [0.1, 0.15) is 31.7 Å². The molecule has 0 bridgehead atoms. The molecule has 3 rings (SSSR count). The summed E-state index contributed by atoms with van der Waals surface area (Å²) in [5.74, 6) is -0.703. The van der Waals surface area contributed by atoms with Crippen LogP contribution in [-0.4, -0.2) is 61.7 Å². The molecule has 1 aromatic carbocycles. The number of esters is 1. The minimum absolute atomic E-state index is 0.158. The van der Waals surface area contributed by atoms with Crippen LogP contribution in [0.2, 0.25) is 0 Å². The lowest BCUT2D eigenvalue weighted by molar-refractivity contribution is -0.138. The summed E-state index contributed by atoms with van der Waals surface area (Å²) in [5, 5.41) is 10.4. The molecule has 0 saturated heterocycles. The van der Waals surface area contributed by atoms with Crippen molar-refractivity contribution in [1.29, 1.82) is 0 Å². The molecule has 2 aliphatic rings. The third-order valence-electron chi connectivity index (χ3n) is 5.83. The summed E-state index contributed by atoms with van der Waals surface area (Å²) in [7, 11) is 6.34. The zero-order chi connectivity index (χ0) is 23.0. The van der Waals surface area contributed by atoms with Crippen molar-refractivity contribution in [2.24, 2.45) is 0 Å². The van der Waals surface area contributed by atoms with Crippen molar-refractivity contribution in [3.63, 3.8) is 0 Å². The molecule has 8 nitrogen and oxygen atoms in total. The van der Waals surface area contributed by atoms with Crippen LogP contribution in [-0.2, 0) is 14.3 Å². The van der Waals surface area contributed by atoms with Gasteiger partial charge in [0.2, 0.25) is 5.75 Å². The highest BCUT2D eigenvalue weighted by atomic mass is 16.5. The van der Waals surface area contributed by atoms with Crippen molar-refractivity contribution in [2.75, 3.05) is 34.9 Å². The van der Waals surface area contributed by atoms with Crippen molar-refractivity contribution in [3.05, 3.63) is 52.5 Å². The Hall–Kier alpha value is -3.42. The fraction of sp³-hybridized carbons (Fsp3) is 0.391. The number of benzene rings is 1. The van der Waals surface area contributed by atoms with E-state index in [9.17, 15) is 14.7 Å². The van der Waals surface area contributed by atoms with Gasteiger partial charge in [0.1, 0.15) is 5.82 Å². The van der Waals surface area contributed by atoms with E-state index in [1.165, 1.54) is 19.1 Å².